The standard InChI is InChI=1S/C13H17ClN2O2/c1-2-7-15-12(17)13(18)16-8-6-10-4-3-5-11(14)9-10/h3-5,9H,2,6-8H2,1H3,(H,15,17)(H,16,18). The Balaban J connectivity index is 2.29. The molecule has 4 nitrogen and oxygen atoms in total. The molecule has 0 spiro atoms. The first kappa shape index (κ1) is 14.5. The lowest BCUT2D eigenvalue weighted by molar-refractivity contribution is -0.139. The predicted molar refractivity (Wildman–Crippen MR) is 71.5 cm³/mol. The van der Waals surface area contributed by atoms with Gasteiger partial charge in [-0.05, 0) is 30.5 Å². The smallest absolute Gasteiger partial charge is 0.309 e. The van der Waals surface area contributed by atoms with Crippen molar-refractivity contribution in [3.63, 3.8) is 0 Å². The van der Waals surface area contributed by atoms with Crippen LogP contribution in [-0.4, -0.2) is 24.9 Å². The van der Waals surface area contributed by atoms with Crippen LogP contribution in [0.5, 0.6) is 0 Å². The molecule has 18 heavy (non-hydrogen) atoms. The van der Waals surface area contributed by atoms with E-state index in [0.717, 1.165) is 12.0 Å². The molecular formula is C13H17ClN2O2. The molecule has 1 aromatic carbocycles. The molecule has 0 radical (unpaired) electrons. The van der Waals surface area contributed by atoms with E-state index in [1.165, 1.54) is 0 Å². The molecule has 2 N–H and O–H groups in total. The fourth-order valence-corrected chi connectivity index (χ4v) is 1.62. The van der Waals surface area contributed by atoms with Gasteiger partial charge in [-0.15, -0.1) is 0 Å². The number of halogens is 1. The van der Waals surface area contributed by atoms with Gasteiger partial charge in [-0.2, -0.15) is 0 Å². The summed E-state index contributed by atoms with van der Waals surface area (Å²) in [6, 6.07) is 7.41. The molecule has 0 fully saturated rings. The van der Waals surface area contributed by atoms with Crippen molar-refractivity contribution in [2.75, 3.05) is 13.1 Å². The molecule has 0 atom stereocenters. The molecule has 0 heterocycles. The summed E-state index contributed by atoms with van der Waals surface area (Å²) in [4.78, 5) is 22.6. The second kappa shape index (κ2) is 7.71. The van der Waals surface area contributed by atoms with Crippen molar-refractivity contribution in [3.8, 4) is 0 Å². The first-order chi connectivity index (χ1) is 8.63. The highest BCUT2D eigenvalue weighted by molar-refractivity contribution is 6.35. The fourth-order valence-electron chi connectivity index (χ4n) is 1.41. The summed E-state index contributed by atoms with van der Waals surface area (Å²) in [6.07, 6.45) is 1.45. The monoisotopic (exact) mass is 268 g/mol. The van der Waals surface area contributed by atoms with E-state index in [-0.39, 0.29) is 0 Å². The van der Waals surface area contributed by atoms with Gasteiger partial charge in [0.25, 0.3) is 0 Å². The van der Waals surface area contributed by atoms with E-state index in [0.29, 0.717) is 24.5 Å². The van der Waals surface area contributed by atoms with E-state index in [2.05, 4.69) is 10.6 Å². The van der Waals surface area contributed by atoms with Gasteiger partial charge in [0.05, 0.1) is 0 Å². The van der Waals surface area contributed by atoms with Gasteiger partial charge in [0, 0.05) is 18.1 Å². The van der Waals surface area contributed by atoms with Crippen LogP contribution in [-0.2, 0) is 16.0 Å². The second-order valence-electron chi connectivity index (χ2n) is 3.89. The summed E-state index contributed by atoms with van der Waals surface area (Å²) in [6.45, 7) is 2.86. The van der Waals surface area contributed by atoms with Gasteiger partial charge in [-0.3, -0.25) is 9.59 Å². The van der Waals surface area contributed by atoms with Crippen molar-refractivity contribution in [2.24, 2.45) is 0 Å². The number of amides is 2. The maximum absolute atomic E-state index is 11.4. The minimum Gasteiger partial charge on any atom is -0.348 e. The van der Waals surface area contributed by atoms with Crippen LogP contribution >= 0.6 is 11.6 Å². The Morgan fingerprint density at radius 2 is 1.83 bits per heavy atom. The molecule has 0 aliphatic heterocycles. The topological polar surface area (TPSA) is 58.2 Å². The van der Waals surface area contributed by atoms with E-state index in [4.69, 9.17) is 11.6 Å². The zero-order chi connectivity index (χ0) is 13.4. The number of carbonyl (C=O) groups excluding carboxylic acids is 2. The quantitative estimate of drug-likeness (QED) is 0.796. The van der Waals surface area contributed by atoms with Crippen LogP contribution in [0.2, 0.25) is 5.02 Å². The molecule has 1 rings (SSSR count). The van der Waals surface area contributed by atoms with E-state index < -0.39 is 11.8 Å². The third kappa shape index (κ3) is 5.19. The summed E-state index contributed by atoms with van der Waals surface area (Å²) in [7, 11) is 0. The summed E-state index contributed by atoms with van der Waals surface area (Å²) in [5.74, 6) is -1.17. The van der Waals surface area contributed by atoms with Crippen LogP contribution in [0.3, 0.4) is 0 Å². The molecule has 0 saturated heterocycles. The zero-order valence-electron chi connectivity index (χ0n) is 10.3. The molecule has 0 unspecified atom stereocenters. The highest BCUT2D eigenvalue weighted by atomic mass is 35.5. The molecule has 0 aliphatic carbocycles. The summed E-state index contributed by atoms with van der Waals surface area (Å²) < 4.78 is 0. The summed E-state index contributed by atoms with van der Waals surface area (Å²) in [5, 5.41) is 5.75. The van der Waals surface area contributed by atoms with Gasteiger partial charge in [-0.1, -0.05) is 30.7 Å². The lowest BCUT2D eigenvalue weighted by Gasteiger charge is -2.06. The Hall–Kier alpha value is -1.55. The Labute approximate surface area is 112 Å². The van der Waals surface area contributed by atoms with E-state index in [1.807, 2.05) is 25.1 Å². The van der Waals surface area contributed by atoms with Crippen LogP contribution in [0.15, 0.2) is 24.3 Å². The fraction of sp³-hybridized carbons (Fsp3) is 0.385. The lowest BCUT2D eigenvalue weighted by Crippen LogP contribution is -2.40. The van der Waals surface area contributed by atoms with Gasteiger partial charge >= 0.3 is 11.8 Å². The highest BCUT2D eigenvalue weighted by Gasteiger charge is 2.11. The molecule has 0 saturated carbocycles. The number of benzene rings is 1. The number of nitrogens with one attached hydrogen (secondary N) is 2. The van der Waals surface area contributed by atoms with E-state index in [1.54, 1.807) is 6.07 Å². The third-order valence-electron chi connectivity index (χ3n) is 2.33. The average molecular weight is 269 g/mol. The predicted octanol–water partition coefficient (Wildman–Crippen LogP) is 1.52. The number of hydrogen-bond acceptors (Lipinski definition) is 2. The number of carbonyl (C=O) groups is 2. The first-order valence-corrected chi connectivity index (χ1v) is 6.31. The van der Waals surface area contributed by atoms with Crippen molar-refractivity contribution >= 4 is 23.4 Å². The number of hydrogen-bond donors (Lipinski definition) is 2. The van der Waals surface area contributed by atoms with E-state index >= 15 is 0 Å². The molecule has 0 bridgehead atoms. The maximum atomic E-state index is 11.4. The molecule has 1 aromatic rings. The largest absolute Gasteiger partial charge is 0.348 e. The van der Waals surface area contributed by atoms with Crippen LogP contribution in [0.25, 0.3) is 0 Å². The van der Waals surface area contributed by atoms with Crippen LogP contribution in [0, 0.1) is 0 Å². The average Bonchev–Trinajstić information content (AvgIpc) is 2.35. The third-order valence-corrected chi connectivity index (χ3v) is 2.57. The Morgan fingerprint density at radius 3 is 2.44 bits per heavy atom. The zero-order valence-corrected chi connectivity index (χ0v) is 11.1. The molecule has 5 heteroatoms. The van der Waals surface area contributed by atoms with Crippen LogP contribution < -0.4 is 10.6 Å². The normalized spacial score (nSPS) is 9.89. The van der Waals surface area contributed by atoms with Gasteiger partial charge < -0.3 is 10.6 Å². The highest BCUT2D eigenvalue weighted by Crippen LogP contribution is 2.10. The molecule has 98 valence electrons. The maximum Gasteiger partial charge on any atom is 0.309 e. The lowest BCUT2D eigenvalue weighted by atomic mass is 10.1. The Bertz CT molecular complexity index is 421. The minimum atomic E-state index is -0.592. The first-order valence-electron chi connectivity index (χ1n) is 5.94. The minimum absolute atomic E-state index is 0.415. The molecule has 0 aromatic heterocycles. The van der Waals surface area contributed by atoms with Gasteiger partial charge in [-0.25, -0.2) is 0 Å². The van der Waals surface area contributed by atoms with Gasteiger partial charge in [0.1, 0.15) is 0 Å². The van der Waals surface area contributed by atoms with Crippen molar-refractivity contribution < 1.29 is 9.59 Å². The van der Waals surface area contributed by atoms with Crippen molar-refractivity contribution in [1.29, 1.82) is 0 Å². The van der Waals surface area contributed by atoms with Crippen LogP contribution in [0.1, 0.15) is 18.9 Å². The van der Waals surface area contributed by atoms with Crippen molar-refractivity contribution in [2.45, 2.75) is 19.8 Å². The summed E-state index contributed by atoms with van der Waals surface area (Å²) in [5.41, 5.74) is 1.02. The summed E-state index contributed by atoms with van der Waals surface area (Å²) >= 11 is 5.84. The van der Waals surface area contributed by atoms with Crippen molar-refractivity contribution in [3.05, 3.63) is 34.9 Å². The number of rotatable bonds is 5. The molecule has 0 aliphatic rings. The van der Waals surface area contributed by atoms with Crippen molar-refractivity contribution in [1.82, 2.24) is 10.6 Å². The molecular weight excluding hydrogens is 252 g/mol. The molecule has 2 amide bonds. The van der Waals surface area contributed by atoms with E-state index in [9.17, 15) is 9.59 Å². The second-order valence-corrected chi connectivity index (χ2v) is 4.33. The Kier molecular flexibility index (Phi) is 6.22. The SMILES string of the molecule is CCCNC(=O)C(=O)NCCc1cccc(Cl)c1. The Morgan fingerprint density at radius 1 is 1.17 bits per heavy atom. The van der Waals surface area contributed by atoms with Crippen LogP contribution in [0.4, 0.5) is 0 Å². The van der Waals surface area contributed by atoms with Gasteiger partial charge in [0.2, 0.25) is 0 Å². The van der Waals surface area contributed by atoms with Gasteiger partial charge in [0.15, 0.2) is 0 Å².